The molecule has 0 aromatic rings. The second kappa shape index (κ2) is 8.97. The lowest BCUT2D eigenvalue weighted by Gasteiger charge is -2.31. The molecule has 1 aliphatic carbocycles. The highest BCUT2D eigenvalue weighted by atomic mass is 35.5. The van der Waals surface area contributed by atoms with Crippen LogP contribution in [-0.4, -0.2) is 43.5 Å². The van der Waals surface area contributed by atoms with E-state index in [9.17, 15) is 4.79 Å². The number of halogens is 2. The van der Waals surface area contributed by atoms with Crippen molar-refractivity contribution in [1.82, 2.24) is 10.2 Å². The first-order valence-corrected chi connectivity index (χ1v) is 5.76. The van der Waals surface area contributed by atoms with Crippen LogP contribution < -0.4 is 11.1 Å². The van der Waals surface area contributed by atoms with Crippen molar-refractivity contribution in [1.29, 1.82) is 0 Å². The van der Waals surface area contributed by atoms with Gasteiger partial charge in [0.1, 0.15) is 0 Å². The van der Waals surface area contributed by atoms with E-state index in [0.717, 1.165) is 32.2 Å². The van der Waals surface area contributed by atoms with Crippen molar-refractivity contribution in [3.8, 4) is 0 Å². The van der Waals surface area contributed by atoms with Crippen molar-refractivity contribution in [3.05, 3.63) is 0 Å². The highest BCUT2D eigenvalue weighted by Crippen LogP contribution is 2.25. The van der Waals surface area contributed by atoms with Gasteiger partial charge in [0.25, 0.3) is 0 Å². The molecule has 6 heteroatoms. The van der Waals surface area contributed by atoms with E-state index in [1.54, 1.807) is 0 Å². The van der Waals surface area contributed by atoms with Gasteiger partial charge in [-0.2, -0.15) is 0 Å². The third-order valence-corrected chi connectivity index (χ3v) is 3.04. The van der Waals surface area contributed by atoms with E-state index < -0.39 is 5.54 Å². The molecule has 0 aliphatic heterocycles. The number of likely N-dealkylation sites (N-methyl/N-ethyl adjacent to an activating group) is 1. The van der Waals surface area contributed by atoms with Crippen LogP contribution in [0.4, 0.5) is 0 Å². The summed E-state index contributed by atoms with van der Waals surface area (Å²) in [5.74, 6) is 0.0315. The zero-order valence-electron chi connectivity index (χ0n) is 10.7. The van der Waals surface area contributed by atoms with Crippen LogP contribution in [0.5, 0.6) is 0 Å². The van der Waals surface area contributed by atoms with Crippen LogP contribution in [0.2, 0.25) is 0 Å². The van der Waals surface area contributed by atoms with Crippen LogP contribution in [0.25, 0.3) is 0 Å². The smallest absolute Gasteiger partial charge is 0.240 e. The number of carbonyl (C=O) groups is 1. The molecule has 1 amide bonds. The second-order valence-corrected chi connectivity index (χ2v) is 4.78. The monoisotopic (exact) mass is 285 g/mol. The molecular weight excluding hydrogens is 261 g/mol. The van der Waals surface area contributed by atoms with Gasteiger partial charge in [-0.1, -0.05) is 19.3 Å². The number of hydrogen-bond acceptors (Lipinski definition) is 3. The van der Waals surface area contributed by atoms with Crippen molar-refractivity contribution in [3.63, 3.8) is 0 Å². The molecule has 1 aliphatic rings. The molecule has 0 radical (unpaired) electrons. The molecule has 0 heterocycles. The highest BCUT2D eigenvalue weighted by Gasteiger charge is 2.34. The number of hydrogen-bond donors (Lipinski definition) is 2. The fourth-order valence-corrected chi connectivity index (χ4v) is 1.98. The molecule has 0 aromatic carbocycles. The predicted molar refractivity (Wildman–Crippen MR) is 76.1 cm³/mol. The lowest BCUT2D eigenvalue weighted by molar-refractivity contribution is -0.127. The Hall–Kier alpha value is -0.0300. The first-order chi connectivity index (χ1) is 7.04. The van der Waals surface area contributed by atoms with Crippen LogP contribution in [0.3, 0.4) is 0 Å². The number of carbonyl (C=O) groups excluding carboxylic acids is 1. The van der Waals surface area contributed by atoms with Gasteiger partial charge >= 0.3 is 0 Å². The number of nitrogens with one attached hydrogen (secondary N) is 1. The Labute approximate surface area is 117 Å². The summed E-state index contributed by atoms with van der Waals surface area (Å²) in [6.45, 7) is 1.55. The van der Waals surface area contributed by atoms with Crippen molar-refractivity contribution < 1.29 is 4.79 Å². The molecule has 3 N–H and O–H groups in total. The van der Waals surface area contributed by atoms with Gasteiger partial charge in [0, 0.05) is 13.1 Å². The SMILES string of the molecule is CN(C)CCNC(=O)C1(N)CCCCC1.Cl.Cl. The van der Waals surface area contributed by atoms with Gasteiger partial charge in [0.15, 0.2) is 0 Å². The standard InChI is InChI=1S/C11H23N3O.2ClH/c1-14(2)9-8-13-10(15)11(12)6-4-3-5-7-11;;/h3-9,12H2,1-2H3,(H,13,15);2*1H. The summed E-state index contributed by atoms with van der Waals surface area (Å²) in [5.41, 5.74) is 5.50. The quantitative estimate of drug-likeness (QED) is 0.815. The van der Waals surface area contributed by atoms with Gasteiger partial charge in [0.2, 0.25) is 5.91 Å². The molecule has 1 fully saturated rings. The Morgan fingerprint density at radius 2 is 1.76 bits per heavy atom. The second-order valence-electron chi connectivity index (χ2n) is 4.78. The highest BCUT2D eigenvalue weighted by molar-refractivity contribution is 5.86. The summed E-state index contributed by atoms with van der Waals surface area (Å²) < 4.78 is 0. The Kier molecular flexibility index (Phi) is 10.2. The van der Waals surface area contributed by atoms with Crippen molar-refractivity contribution in [2.24, 2.45) is 5.73 Å². The first kappa shape index (κ1) is 19.3. The molecule has 0 atom stereocenters. The fourth-order valence-electron chi connectivity index (χ4n) is 1.98. The van der Waals surface area contributed by atoms with Crippen LogP contribution in [0, 0.1) is 0 Å². The molecule has 0 bridgehead atoms. The Morgan fingerprint density at radius 1 is 1.24 bits per heavy atom. The van der Waals surface area contributed by atoms with E-state index in [-0.39, 0.29) is 30.7 Å². The summed E-state index contributed by atoms with van der Waals surface area (Å²) in [6.07, 6.45) is 5.04. The largest absolute Gasteiger partial charge is 0.353 e. The third-order valence-electron chi connectivity index (χ3n) is 3.04. The molecule has 104 valence electrons. The zero-order valence-corrected chi connectivity index (χ0v) is 12.3. The lowest BCUT2D eigenvalue weighted by atomic mass is 9.82. The molecule has 0 unspecified atom stereocenters. The third kappa shape index (κ3) is 6.46. The Balaban J connectivity index is 0. The molecule has 4 nitrogen and oxygen atoms in total. The van der Waals surface area contributed by atoms with Gasteiger partial charge < -0.3 is 16.0 Å². The van der Waals surface area contributed by atoms with Crippen molar-refractivity contribution in [2.45, 2.75) is 37.6 Å². The number of nitrogens with two attached hydrogens (primary N) is 1. The molecule has 0 spiro atoms. The van der Waals surface area contributed by atoms with Crippen LogP contribution >= 0.6 is 24.8 Å². The minimum absolute atomic E-state index is 0. The van der Waals surface area contributed by atoms with E-state index in [4.69, 9.17) is 5.73 Å². The van der Waals surface area contributed by atoms with Crippen LogP contribution in [0.15, 0.2) is 0 Å². The van der Waals surface area contributed by atoms with Gasteiger partial charge in [-0.05, 0) is 26.9 Å². The summed E-state index contributed by atoms with van der Waals surface area (Å²) in [4.78, 5) is 13.9. The number of amides is 1. The summed E-state index contributed by atoms with van der Waals surface area (Å²) in [6, 6.07) is 0. The predicted octanol–water partition coefficient (Wildman–Crippen LogP) is 1.17. The molecule has 1 rings (SSSR count). The molecule has 1 saturated carbocycles. The summed E-state index contributed by atoms with van der Waals surface area (Å²) >= 11 is 0. The maximum absolute atomic E-state index is 11.8. The molecule has 17 heavy (non-hydrogen) atoms. The zero-order chi connectivity index (χ0) is 11.3. The van der Waals surface area contributed by atoms with Crippen molar-refractivity contribution in [2.75, 3.05) is 27.2 Å². The molecular formula is C11H25Cl2N3O. The van der Waals surface area contributed by atoms with Gasteiger partial charge in [-0.3, -0.25) is 4.79 Å². The normalized spacial score (nSPS) is 17.9. The summed E-state index contributed by atoms with van der Waals surface area (Å²) in [5, 5.41) is 2.92. The number of nitrogens with zero attached hydrogens (tertiary/aromatic N) is 1. The maximum Gasteiger partial charge on any atom is 0.240 e. The van der Waals surface area contributed by atoms with Gasteiger partial charge in [-0.15, -0.1) is 24.8 Å². The minimum atomic E-state index is -0.593. The Bertz CT molecular complexity index is 219. The molecule has 0 aromatic heterocycles. The van der Waals surface area contributed by atoms with Crippen molar-refractivity contribution >= 4 is 30.7 Å². The van der Waals surface area contributed by atoms with Gasteiger partial charge in [-0.25, -0.2) is 0 Å². The average Bonchev–Trinajstić information content (AvgIpc) is 2.18. The van der Waals surface area contributed by atoms with E-state index in [2.05, 4.69) is 5.32 Å². The van der Waals surface area contributed by atoms with Crippen LogP contribution in [0.1, 0.15) is 32.1 Å². The molecule has 0 saturated heterocycles. The Morgan fingerprint density at radius 3 is 2.24 bits per heavy atom. The average molecular weight is 286 g/mol. The lowest BCUT2D eigenvalue weighted by Crippen LogP contribution is -2.55. The van der Waals surface area contributed by atoms with E-state index >= 15 is 0 Å². The first-order valence-electron chi connectivity index (χ1n) is 5.76. The minimum Gasteiger partial charge on any atom is -0.353 e. The van der Waals surface area contributed by atoms with E-state index in [0.29, 0.717) is 6.54 Å². The summed E-state index contributed by atoms with van der Waals surface area (Å²) in [7, 11) is 3.98. The maximum atomic E-state index is 11.8. The topological polar surface area (TPSA) is 58.4 Å². The number of rotatable bonds is 4. The van der Waals surface area contributed by atoms with Crippen LogP contribution in [-0.2, 0) is 4.79 Å². The van der Waals surface area contributed by atoms with E-state index in [1.807, 2.05) is 19.0 Å². The van der Waals surface area contributed by atoms with Gasteiger partial charge in [0.05, 0.1) is 5.54 Å². The fraction of sp³-hybridized carbons (Fsp3) is 0.909. The van der Waals surface area contributed by atoms with E-state index in [1.165, 1.54) is 6.42 Å².